The molecule has 0 amide bonds. The monoisotopic (exact) mass is 553 g/mol. The van der Waals surface area contributed by atoms with Gasteiger partial charge in [-0.2, -0.15) is 5.10 Å². The van der Waals surface area contributed by atoms with Gasteiger partial charge in [-0.25, -0.2) is 4.68 Å². The standard InChI is InChI=1S/C33H36ClN5O/c1-40-22-4-15-36-18-20-37(21-19-36)24-26-7-10-30(11-8-26)39-17-14-32(35-39)27-9-12-33-28(23-27)13-16-38(33)25-29-5-2-3-6-31(29)34/h2-3,5-14,16-17,23H,4,15,18-22,24-25H2,1H3. The zero-order valence-electron chi connectivity index (χ0n) is 23.0. The van der Waals surface area contributed by atoms with E-state index in [1.165, 1.54) is 16.5 Å². The Bertz CT molecular complexity index is 1550. The van der Waals surface area contributed by atoms with Crippen LogP contribution in [0.25, 0.3) is 27.8 Å². The molecular weight excluding hydrogens is 518 g/mol. The number of benzene rings is 3. The smallest absolute Gasteiger partial charge is 0.0927 e. The third kappa shape index (κ3) is 6.16. The summed E-state index contributed by atoms with van der Waals surface area (Å²) in [4.78, 5) is 5.09. The first-order valence-corrected chi connectivity index (χ1v) is 14.5. The van der Waals surface area contributed by atoms with Crippen LogP contribution in [-0.4, -0.2) is 70.6 Å². The molecule has 0 atom stereocenters. The van der Waals surface area contributed by atoms with E-state index in [0.717, 1.165) is 86.4 Å². The predicted molar refractivity (Wildman–Crippen MR) is 163 cm³/mol. The molecule has 7 heteroatoms. The van der Waals surface area contributed by atoms with Crippen LogP contribution in [0.3, 0.4) is 0 Å². The maximum atomic E-state index is 6.39. The minimum Gasteiger partial charge on any atom is -0.385 e. The molecule has 40 heavy (non-hydrogen) atoms. The highest BCUT2D eigenvalue weighted by Gasteiger charge is 2.16. The lowest BCUT2D eigenvalue weighted by Gasteiger charge is -2.34. The van der Waals surface area contributed by atoms with E-state index in [0.29, 0.717) is 0 Å². The Morgan fingerprint density at radius 2 is 1.62 bits per heavy atom. The summed E-state index contributed by atoms with van der Waals surface area (Å²) >= 11 is 6.39. The normalized spacial score (nSPS) is 14.8. The van der Waals surface area contributed by atoms with Gasteiger partial charge in [0.15, 0.2) is 0 Å². The lowest BCUT2D eigenvalue weighted by atomic mass is 10.1. The summed E-state index contributed by atoms with van der Waals surface area (Å²) in [6, 6.07) is 27.6. The van der Waals surface area contributed by atoms with Crippen LogP contribution in [0.4, 0.5) is 0 Å². The molecule has 0 N–H and O–H groups in total. The molecule has 0 bridgehead atoms. The molecule has 1 aliphatic rings. The number of ether oxygens (including phenoxy) is 1. The van der Waals surface area contributed by atoms with Crippen molar-refractivity contribution in [2.24, 2.45) is 0 Å². The molecule has 206 valence electrons. The first kappa shape index (κ1) is 26.8. The van der Waals surface area contributed by atoms with Crippen molar-refractivity contribution in [3.63, 3.8) is 0 Å². The molecule has 6 rings (SSSR count). The van der Waals surface area contributed by atoms with Crippen molar-refractivity contribution in [1.29, 1.82) is 0 Å². The second-order valence-electron chi connectivity index (χ2n) is 10.6. The van der Waals surface area contributed by atoms with Gasteiger partial charge in [0.05, 0.1) is 11.4 Å². The summed E-state index contributed by atoms with van der Waals surface area (Å²) in [7, 11) is 1.78. The van der Waals surface area contributed by atoms with E-state index in [4.69, 9.17) is 21.4 Å². The maximum absolute atomic E-state index is 6.39. The van der Waals surface area contributed by atoms with Crippen molar-refractivity contribution in [3.05, 3.63) is 107 Å². The summed E-state index contributed by atoms with van der Waals surface area (Å²) in [5, 5.41) is 6.89. The number of piperazine rings is 1. The van der Waals surface area contributed by atoms with E-state index in [1.54, 1.807) is 7.11 Å². The van der Waals surface area contributed by atoms with Gasteiger partial charge >= 0.3 is 0 Å². The summed E-state index contributed by atoms with van der Waals surface area (Å²) in [6.45, 7) is 8.22. The van der Waals surface area contributed by atoms with Crippen LogP contribution >= 0.6 is 11.6 Å². The molecule has 0 saturated carbocycles. The van der Waals surface area contributed by atoms with Crippen LogP contribution in [0.15, 0.2) is 91.3 Å². The highest BCUT2D eigenvalue weighted by atomic mass is 35.5. The molecule has 1 aliphatic heterocycles. The van der Waals surface area contributed by atoms with Crippen LogP contribution < -0.4 is 0 Å². The summed E-state index contributed by atoms with van der Waals surface area (Å²) in [6.07, 6.45) is 5.28. The van der Waals surface area contributed by atoms with Crippen LogP contribution in [0.1, 0.15) is 17.5 Å². The number of halogens is 1. The van der Waals surface area contributed by atoms with E-state index in [-0.39, 0.29) is 0 Å². The number of hydrogen-bond acceptors (Lipinski definition) is 4. The van der Waals surface area contributed by atoms with Crippen LogP contribution in [0, 0.1) is 0 Å². The van der Waals surface area contributed by atoms with E-state index in [1.807, 2.05) is 29.1 Å². The highest BCUT2D eigenvalue weighted by molar-refractivity contribution is 6.31. The second kappa shape index (κ2) is 12.4. The van der Waals surface area contributed by atoms with Crippen molar-refractivity contribution >= 4 is 22.5 Å². The average Bonchev–Trinajstić information content (AvgIpc) is 3.63. The molecule has 0 spiro atoms. The molecule has 5 aromatic rings. The van der Waals surface area contributed by atoms with Crippen LogP contribution in [-0.2, 0) is 17.8 Å². The molecule has 6 nitrogen and oxygen atoms in total. The van der Waals surface area contributed by atoms with E-state index < -0.39 is 0 Å². The molecule has 1 saturated heterocycles. The fourth-order valence-electron chi connectivity index (χ4n) is 5.54. The van der Waals surface area contributed by atoms with Gasteiger partial charge in [0.1, 0.15) is 0 Å². The number of methoxy groups -OCH3 is 1. The number of fused-ring (bicyclic) bond motifs is 1. The van der Waals surface area contributed by atoms with Gasteiger partial charge in [-0.1, -0.05) is 48.0 Å². The lowest BCUT2D eigenvalue weighted by Crippen LogP contribution is -2.46. The molecule has 3 heterocycles. The summed E-state index contributed by atoms with van der Waals surface area (Å²) in [5.41, 5.74) is 6.80. The van der Waals surface area contributed by atoms with E-state index in [9.17, 15) is 0 Å². The lowest BCUT2D eigenvalue weighted by molar-refractivity contribution is 0.113. The van der Waals surface area contributed by atoms with Crippen LogP contribution in [0.5, 0.6) is 0 Å². The predicted octanol–water partition coefficient (Wildman–Crippen LogP) is 6.35. The van der Waals surface area contributed by atoms with E-state index >= 15 is 0 Å². The van der Waals surface area contributed by atoms with Gasteiger partial charge in [0, 0.05) is 93.4 Å². The van der Waals surface area contributed by atoms with Gasteiger partial charge < -0.3 is 14.2 Å². The van der Waals surface area contributed by atoms with Crippen molar-refractivity contribution in [2.45, 2.75) is 19.5 Å². The van der Waals surface area contributed by atoms with Gasteiger partial charge in [-0.15, -0.1) is 0 Å². The summed E-state index contributed by atoms with van der Waals surface area (Å²) < 4.78 is 9.39. The molecule has 3 aromatic carbocycles. The molecule has 0 aliphatic carbocycles. The number of aromatic nitrogens is 3. The Labute approximate surface area is 241 Å². The minimum atomic E-state index is 0.748. The Balaban J connectivity index is 1.08. The van der Waals surface area contributed by atoms with Gasteiger partial charge in [-0.05, 0) is 60.0 Å². The third-order valence-corrected chi connectivity index (χ3v) is 8.22. The first-order valence-electron chi connectivity index (χ1n) is 14.1. The van der Waals surface area contributed by atoms with Crippen molar-refractivity contribution in [3.8, 4) is 16.9 Å². The highest BCUT2D eigenvalue weighted by Crippen LogP contribution is 2.26. The van der Waals surface area contributed by atoms with Gasteiger partial charge in [0.25, 0.3) is 0 Å². The fourth-order valence-corrected chi connectivity index (χ4v) is 5.74. The zero-order chi connectivity index (χ0) is 27.3. The van der Waals surface area contributed by atoms with Crippen molar-refractivity contribution in [2.75, 3.05) is 46.4 Å². The van der Waals surface area contributed by atoms with Crippen molar-refractivity contribution in [1.82, 2.24) is 24.1 Å². The zero-order valence-corrected chi connectivity index (χ0v) is 23.8. The minimum absolute atomic E-state index is 0.748. The van der Waals surface area contributed by atoms with Crippen molar-refractivity contribution < 1.29 is 4.74 Å². The second-order valence-corrected chi connectivity index (χ2v) is 11.0. The third-order valence-electron chi connectivity index (χ3n) is 7.85. The summed E-state index contributed by atoms with van der Waals surface area (Å²) in [5.74, 6) is 0. The number of hydrogen-bond donors (Lipinski definition) is 0. The maximum Gasteiger partial charge on any atom is 0.0927 e. The topological polar surface area (TPSA) is 38.5 Å². The van der Waals surface area contributed by atoms with Crippen LogP contribution in [0.2, 0.25) is 5.02 Å². The Morgan fingerprint density at radius 1 is 0.825 bits per heavy atom. The van der Waals surface area contributed by atoms with E-state index in [2.05, 4.69) is 81.2 Å². The number of rotatable bonds is 10. The Morgan fingerprint density at radius 3 is 2.42 bits per heavy atom. The fraction of sp³-hybridized carbons (Fsp3) is 0.303. The molecular formula is C33H36ClN5O. The molecule has 1 fully saturated rings. The molecule has 0 unspecified atom stereocenters. The van der Waals surface area contributed by atoms with Gasteiger partial charge in [0.2, 0.25) is 0 Å². The number of nitrogens with zero attached hydrogens (tertiary/aromatic N) is 5. The largest absolute Gasteiger partial charge is 0.385 e. The quantitative estimate of drug-likeness (QED) is 0.189. The molecule has 2 aromatic heterocycles. The average molecular weight is 554 g/mol. The molecule has 0 radical (unpaired) electrons. The Kier molecular flexibility index (Phi) is 8.30. The first-order chi connectivity index (χ1) is 19.7. The SMILES string of the molecule is COCCCN1CCN(Cc2ccc(-n3ccc(-c4ccc5c(ccn5Cc5ccccc5Cl)c4)n3)cc2)CC1. The van der Waals surface area contributed by atoms with Gasteiger partial charge in [-0.3, -0.25) is 4.90 Å². The Hall–Kier alpha value is -3.42.